The Labute approximate surface area is 115 Å². The highest BCUT2D eigenvalue weighted by atomic mass is 15.2. The Bertz CT molecular complexity index is 693. The average Bonchev–Trinajstić information content (AvgIpc) is 2.86. The summed E-state index contributed by atoms with van der Waals surface area (Å²) in [4.78, 5) is 12.7. The molecule has 3 aromatic heterocycles. The van der Waals surface area contributed by atoms with Gasteiger partial charge in [-0.3, -0.25) is 10.1 Å². The van der Waals surface area contributed by atoms with Crippen molar-refractivity contribution in [1.29, 1.82) is 0 Å². The van der Waals surface area contributed by atoms with Gasteiger partial charge in [-0.2, -0.15) is 5.10 Å². The maximum atomic E-state index is 4.39. The summed E-state index contributed by atoms with van der Waals surface area (Å²) in [5.74, 6) is 2.64. The maximum absolute atomic E-state index is 4.39. The van der Waals surface area contributed by atoms with Crippen LogP contribution < -0.4 is 10.6 Å². The lowest BCUT2D eigenvalue weighted by molar-refractivity contribution is 1.05. The first kappa shape index (κ1) is 12.1. The molecule has 0 fully saturated rings. The van der Waals surface area contributed by atoms with E-state index in [4.69, 9.17) is 0 Å². The number of H-pyrrole nitrogens is 1. The van der Waals surface area contributed by atoms with Crippen LogP contribution in [0.5, 0.6) is 0 Å². The molecule has 100 valence electrons. The molecule has 3 rings (SSSR count). The minimum atomic E-state index is 0.609. The molecule has 0 radical (unpaired) electrons. The molecule has 0 unspecified atom stereocenters. The van der Waals surface area contributed by atoms with E-state index in [1.54, 1.807) is 18.6 Å². The molecule has 0 saturated heterocycles. The fourth-order valence-electron chi connectivity index (χ4n) is 1.67. The third-order valence-electron chi connectivity index (χ3n) is 2.52. The molecule has 0 aliphatic rings. The molecule has 3 N–H and O–H groups in total. The Kier molecular flexibility index (Phi) is 3.24. The molecule has 7 nitrogen and oxygen atoms in total. The van der Waals surface area contributed by atoms with Crippen molar-refractivity contribution in [2.45, 2.75) is 6.92 Å². The second-order valence-electron chi connectivity index (χ2n) is 4.19. The summed E-state index contributed by atoms with van der Waals surface area (Å²) in [5, 5.41) is 13.1. The minimum Gasteiger partial charge on any atom is -0.324 e. The number of aromatic nitrogens is 5. The summed E-state index contributed by atoms with van der Waals surface area (Å²) < 4.78 is 0. The molecular formula is C13H13N7. The Balaban J connectivity index is 1.76. The van der Waals surface area contributed by atoms with Crippen LogP contribution in [0.25, 0.3) is 0 Å². The van der Waals surface area contributed by atoms with Crippen molar-refractivity contribution in [3.8, 4) is 0 Å². The fraction of sp³-hybridized carbons (Fsp3) is 0.0769. The molecule has 0 aromatic carbocycles. The first-order valence-corrected chi connectivity index (χ1v) is 6.09. The third kappa shape index (κ3) is 2.89. The van der Waals surface area contributed by atoms with E-state index in [-0.39, 0.29) is 0 Å². The summed E-state index contributed by atoms with van der Waals surface area (Å²) in [6.45, 7) is 1.93. The standard InChI is InChI=1S/C13H13N7/c1-9-6-11(20-19-9)17-13-8-14-7-12(18-13)16-10-4-2-3-5-15-10/h2-8H,1H3,(H3,15,16,17,18,19,20). The number of hydrogen-bond acceptors (Lipinski definition) is 6. The number of pyridine rings is 1. The second kappa shape index (κ2) is 5.35. The van der Waals surface area contributed by atoms with Crippen LogP contribution in [-0.4, -0.2) is 25.1 Å². The smallest absolute Gasteiger partial charge is 0.153 e. The Morgan fingerprint density at radius 2 is 1.80 bits per heavy atom. The van der Waals surface area contributed by atoms with Crippen molar-refractivity contribution in [1.82, 2.24) is 25.1 Å². The Morgan fingerprint density at radius 1 is 1.00 bits per heavy atom. The Hall–Kier alpha value is -2.96. The lowest BCUT2D eigenvalue weighted by Crippen LogP contribution is -2.00. The summed E-state index contributed by atoms with van der Waals surface area (Å²) in [7, 11) is 0. The summed E-state index contributed by atoms with van der Waals surface area (Å²) in [6, 6.07) is 7.51. The first-order valence-electron chi connectivity index (χ1n) is 6.09. The van der Waals surface area contributed by atoms with Crippen LogP contribution in [0.2, 0.25) is 0 Å². The van der Waals surface area contributed by atoms with E-state index in [2.05, 4.69) is 35.8 Å². The molecule has 0 aliphatic heterocycles. The lowest BCUT2D eigenvalue weighted by Gasteiger charge is -2.06. The molecule has 7 heteroatoms. The van der Waals surface area contributed by atoms with E-state index >= 15 is 0 Å². The van der Waals surface area contributed by atoms with Crippen molar-refractivity contribution in [2.24, 2.45) is 0 Å². The maximum Gasteiger partial charge on any atom is 0.153 e. The molecule has 0 aliphatic carbocycles. The normalized spacial score (nSPS) is 10.2. The second-order valence-corrected chi connectivity index (χ2v) is 4.19. The summed E-state index contributed by atoms with van der Waals surface area (Å²) >= 11 is 0. The molecule has 20 heavy (non-hydrogen) atoms. The van der Waals surface area contributed by atoms with E-state index in [0.717, 1.165) is 11.5 Å². The highest BCUT2D eigenvalue weighted by Crippen LogP contribution is 2.15. The topological polar surface area (TPSA) is 91.4 Å². The predicted molar refractivity (Wildman–Crippen MR) is 76.2 cm³/mol. The van der Waals surface area contributed by atoms with Gasteiger partial charge < -0.3 is 10.6 Å². The van der Waals surface area contributed by atoms with Crippen molar-refractivity contribution < 1.29 is 0 Å². The zero-order valence-corrected chi connectivity index (χ0v) is 10.8. The highest BCUT2D eigenvalue weighted by Gasteiger charge is 2.02. The van der Waals surface area contributed by atoms with Gasteiger partial charge in [0.1, 0.15) is 5.82 Å². The monoisotopic (exact) mass is 267 g/mol. The molecule has 0 spiro atoms. The van der Waals surface area contributed by atoms with Crippen molar-refractivity contribution >= 4 is 23.3 Å². The first-order chi connectivity index (χ1) is 9.79. The zero-order chi connectivity index (χ0) is 13.8. The SMILES string of the molecule is Cc1cc(Nc2cncc(Nc3ccccn3)n2)n[nH]1. The van der Waals surface area contributed by atoms with Gasteiger partial charge in [0.05, 0.1) is 12.4 Å². The molecule has 3 aromatic rings. The number of hydrogen-bond donors (Lipinski definition) is 3. The molecule has 3 heterocycles. The number of aryl methyl sites for hydroxylation is 1. The van der Waals surface area contributed by atoms with E-state index in [1.165, 1.54) is 0 Å². The van der Waals surface area contributed by atoms with Crippen LogP contribution in [-0.2, 0) is 0 Å². The van der Waals surface area contributed by atoms with E-state index < -0.39 is 0 Å². The van der Waals surface area contributed by atoms with Gasteiger partial charge in [-0.25, -0.2) is 9.97 Å². The van der Waals surface area contributed by atoms with Gasteiger partial charge in [-0.15, -0.1) is 0 Å². The van der Waals surface area contributed by atoms with Crippen LogP contribution in [0, 0.1) is 6.92 Å². The quantitative estimate of drug-likeness (QED) is 0.672. The predicted octanol–water partition coefficient (Wildman–Crippen LogP) is 2.39. The van der Waals surface area contributed by atoms with Gasteiger partial charge in [-0.05, 0) is 19.1 Å². The number of nitrogens with zero attached hydrogens (tertiary/aromatic N) is 4. The van der Waals surface area contributed by atoms with Gasteiger partial charge >= 0.3 is 0 Å². The minimum absolute atomic E-state index is 0.609. The molecule has 0 amide bonds. The van der Waals surface area contributed by atoms with Gasteiger partial charge in [0.15, 0.2) is 17.5 Å². The molecule has 0 atom stereocenters. The van der Waals surface area contributed by atoms with Gasteiger partial charge in [0, 0.05) is 18.0 Å². The van der Waals surface area contributed by atoms with E-state index in [1.807, 2.05) is 31.2 Å². The zero-order valence-electron chi connectivity index (χ0n) is 10.8. The van der Waals surface area contributed by atoms with E-state index in [0.29, 0.717) is 17.5 Å². The molecule has 0 saturated carbocycles. The molecular weight excluding hydrogens is 254 g/mol. The van der Waals surface area contributed by atoms with Crippen molar-refractivity contribution in [3.63, 3.8) is 0 Å². The largest absolute Gasteiger partial charge is 0.324 e. The number of rotatable bonds is 4. The molecule has 0 bridgehead atoms. The van der Waals surface area contributed by atoms with Crippen LogP contribution in [0.4, 0.5) is 23.3 Å². The van der Waals surface area contributed by atoms with Crippen molar-refractivity contribution in [2.75, 3.05) is 10.6 Å². The van der Waals surface area contributed by atoms with Crippen molar-refractivity contribution in [3.05, 3.63) is 48.5 Å². The summed E-state index contributed by atoms with van der Waals surface area (Å²) in [6.07, 6.45) is 4.98. The van der Waals surface area contributed by atoms with Gasteiger partial charge in [-0.1, -0.05) is 6.07 Å². The third-order valence-corrected chi connectivity index (χ3v) is 2.52. The van der Waals surface area contributed by atoms with Crippen LogP contribution in [0.1, 0.15) is 5.69 Å². The number of aromatic amines is 1. The Morgan fingerprint density at radius 3 is 2.45 bits per heavy atom. The highest BCUT2D eigenvalue weighted by molar-refractivity contribution is 5.56. The fourth-order valence-corrected chi connectivity index (χ4v) is 1.67. The summed E-state index contributed by atoms with van der Waals surface area (Å²) in [5.41, 5.74) is 0.975. The number of nitrogens with one attached hydrogen (secondary N) is 3. The van der Waals surface area contributed by atoms with Crippen LogP contribution >= 0.6 is 0 Å². The lowest BCUT2D eigenvalue weighted by atomic mass is 10.4. The van der Waals surface area contributed by atoms with Crippen LogP contribution in [0.15, 0.2) is 42.9 Å². The van der Waals surface area contributed by atoms with Crippen LogP contribution in [0.3, 0.4) is 0 Å². The average molecular weight is 267 g/mol. The number of anilines is 4. The van der Waals surface area contributed by atoms with E-state index in [9.17, 15) is 0 Å². The van der Waals surface area contributed by atoms with Gasteiger partial charge in [0.25, 0.3) is 0 Å². The van der Waals surface area contributed by atoms with Gasteiger partial charge in [0.2, 0.25) is 0 Å².